The lowest BCUT2D eigenvalue weighted by Gasteiger charge is -2.13. The van der Waals surface area contributed by atoms with Crippen molar-refractivity contribution < 1.29 is 13.9 Å². The van der Waals surface area contributed by atoms with Crippen LogP contribution in [-0.4, -0.2) is 28.3 Å². The molecule has 4 rings (SSSR count). The molecule has 164 valence electrons. The number of aromatic nitrogens is 2. The fourth-order valence-corrected chi connectivity index (χ4v) is 4.75. The van der Waals surface area contributed by atoms with Gasteiger partial charge in [0.25, 0.3) is 5.56 Å². The Hall–Kier alpha value is -2.88. The number of methoxy groups -OCH3 is 1. The first-order valence-corrected chi connectivity index (χ1v) is 11.7. The number of rotatable bonds is 7. The number of fused-ring (bicyclic) bond motifs is 1. The second-order valence-corrected chi connectivity index (χ2v) is 9.00. The fraction of sp³-hybridized carbons (Fsp3) is 0.136. The minimum Gasteiger partial charge on any atom is -0.497 e. The lowest BCUT2D eigenvalue weighted by atomic mass is 10.2. The molecule has 0 unspecified atom stereocenters. The topological polar surface area (TPSA) is 73.2 Å². The van der Waals surface area contributed by atoms with Gasteiger partial charge in [0.2, 0.25) is 5.91 Å². The Balaban J connectivity index is 1.56. The van der Waals surface area contributed by atoms with Crippen molar-refractivity contribution in [1.29, 1.82) is 0 Å². The molecule has 0 atom stereocenters. The summed E-state index contributed by atoms with van der Waals surface area (Å²) in [4.78, 5) is 30.1. The third-order valence-electron chi connectivity index (χ3n) is 4.57. The Kier molecular flexibility index (Phi) is 6.78. The van der Waals surface area contributed by atoms with Crippen LogP contribution in [0.25, 0.3) is 10.2 Å². The summed E-state index contributed by atoms with van der Waals surface area (Å²) >= 11 is 8.25. The number of thiophene rings is 1. The molecule has 1 amide bonds. The molecule has 0 aliphatic heterocycles. The number of carbonyl (C=O) groups is 1. The highest BCUT2D eigenvalue weighted by Crippen LogP contribution is 2.23. The summed E-state index contributed by atoms with van der Waals surface area (Å²) in [5, 5.41) is 4.85. The lowest BCUT2D eigenvalue weighted by molar-refractivity contribution is -0.113. The Morgan fingerprint density at radius 1 is 1.25 bits per heavy atom. The van der Waals surface area contributed by atoms with Gasteiger partial charge in [0.15, 0.2) is 5.16 Å². The number of amides is 1. The number of hydrogen-bond donors (Lipinski definition) is 1. The molecule has 0 fully saturated rings. The number of ether oxygens (including phenoxy) is 1. The number of nitrogens with one attached hydrogen (secondary N) is 1. The van der Waals surface area contributed by atoms with E-state index in [-0.39, 0.29) is 22.2 Å². The summed E-state index contributed by atoms with van der Waals surface area (Å²) < 4.78 is 20.6. The van der Waals surface area contributed by atoms with Crippen molar-refractivity contribution in [2.45, 2.75) is 11.7 Å². The quantitative estimate of drug-likeness (QED) is 0.291. The van der Waals surface area contributed by atoms with E-state index in [0.29, 0.717) is 27.6 Å². The number of halogens is 2. The highest BCUT2D eigenvalue weighted by atomic mass is 35.5. The zero-order chi connectivity index (χ0) is 22.7. The smallest absolute Gasteiger partial charge is 0.272 e. The summed E-state index contributed by atoms with van der Waals surface area (Å²) in [6, 6.07) is 13.1. The van der Waals surface area contributed by atoms with Gasteiger partial charge < -0.3 is 10.1 Å². The summed E-state index contributed by atoms with van der Waals surface area (Å²) in [5.74, 6) is -0.150. The van der Waals surface area contributed by atoms with Crippen LogP contribution in [0.4, 0.5) is 10.1 Å². The molecule has 0 spiro atoms. The molecule has 2 aromatic heterocycles. The third kappa shape index (κ3) is 4.95. The molecular weight excluding hydrogens is 473 g/mol. The summed E-state index contributed by atoms with van der Waals surface area (Å²) in [5.41, 5.74) is 1.73. The Bertz CT molecular complexity index is 1340. The van der Waals surface area contributed by atoms with E-state index in [1.807, 2.05) is 29.6 Å². The number of hydrogen-bond acceptors (Lipinski definition) is 6. The standard InChI is InChI=1S/C22H17ClFN3O3S2/c1-30-15-5-2-13(3-6-15)11-27-21(29)20-18(8-9-31-20)26-22(27)32-12-19(28)25-14-4-7-17(24)16(23)10-14/h2-10H,11-12H2,1H3,(H,25,28). The maximum absolute atomic E-state index is 13.3. The maximum Gasteiger partial charge on any atom is 0.272 e. The predicted octanol–water partition coefficient (Wildman–Crippen LogP) is 5.04. The van der Waals surface area contributed by atoms with Gasteiger partial charge in [-0.3, -0.25) is 14.2 Å². The number of nitrogens with zero attached hydrogens (tertiary/aromatic N) is 2. The van der Waals surface area contributed by atoms with Crippen molar-refractivity contribution in [1.82, 2.24) is 9.55 Å². The first-order valence-electron chi connectivity index (χ1n) is 9.43. The van der Waals surface area contributed by atoms with Crippen molar-refractivity contribution in [3.05, 3.63) is 80.7 Å². The second kappa shape index (κ2) is 9.72. The van der Waals surface area contributed by atoms with Gasteiger partial charge >= 0.3 is 0 Å². The lowest BCUT2D eigenvalue weighted by Crippen LogP contribution is -2.24. The molecule has 32 heavy (non-hydrogen) atoms. The fourth-order valence-electron chi connectivity index (χ4n) is 2.99. The van der Waals surface area contributed by atoms with E-state index in [1.165, 1.54) is 29.5 Å². The maximum atomic E-state index is 13.3. The van der Waals surface area contributed by atoms with E-state index in [9.17, 15) is 14.0 Å². The molecule has 0 saturated heterocycles. The molecule has 10 heteroatoms. The highest BCUT2D eigenvalue weighted by molar-refractivity contribution is 7.99. The average Bonchev–Trinajstić information content (AvgIpc) is 3.26. The average molecular weight is 490 g/mol. The van der Waals surface area contributed by atoms with Crippen molar-refractivity contribution in [3.63, 3.8) is 0 Å². The van der Waals surface area contributed by atoms with E-state index < -0.39 is 5.82 Å². The SMILES string of the molecule is COc1ccc(Cn2c(SCC(=O)Nc3ccc(F)c(Cl)c3)nc3ccsc3c2=O)cc1. The van der Waals surface area contributed by atoms with Crippen molar-refractivity contribution in [2.24, 2.45) is 0 Å². The molecule has 0 saturated carbocycles. The van der Waals surface area contributed by atoms with Crippen LogP contribution < -0.4 is 15.6 Å². The Morgan fingerprint density at radius 3 is 2.75 bits per heavy atom. The van der Waals surface area contributed by atoms with Crippen LogP contribution in [0, 0.1) is 5.82 Å². The third-order valence-corrected chi connectivity index (χ3v) is 6.72. The van der Waals surface area contributed by atoms with Gasteiger partial charge in [-0.1, -0.05) is 35.5 Å². The van der Waals surface area contributed by atoms with Crippen LogP contribution in [0.2, 0.25) is 5.02 Å². The molecule has 2 heterocycles. The van der Waals surface area contributed by atoms with Crippen LogP contribution in [-0.2, 0) is 11.3 Å². The Labute approximate surface area is 196 Å². The Morgan fingerprint density at radius 2 is 2.03 bits per heavy atom. The van der Waals surface area contributed by atoms with Crippen LogP contribution in [0.1, 0.15) is 5.56 Å². The predicted molar refractivity (Wildman–Crippen MR) is 127 cm³/mol. The molecule has 4 aromatic rings. The van der Waals surface area contributed by atoms with E-state index in [4.69, 9.17) is 16.3 Å². The number of carbonyl (C=O) groups excluding carboxylic acids is 1. The van der Waals surface area contributed by atoms with Crippen molar-refractivity contribution in [2.75, 3.05) is 18.2 Å². The molecule has 0 aliphatic carbocycles. The van der Waals surface area contributed by atoms with Gasteiger partial charge in [-0.15, -0.1) is 11.3 Å². The summed E-state index contributed by atoms with van der Waals surface area (Å²) in [6.45, 7) is 0.307. The molecule has 2 aromatic carbocycles. The highest BCUT2D eigenvalue weighted by Gasteiger charge is 2.15. The van der Waals surface area contributed by atoms with Crippen LogP contribution in [0.5, 0.6) is 5.75 Å². The normalized spacial score (nSPS) is 11.0. The molecule has 6 nitrogen and oxygen atoms in total. The van der Waals surface area contributed by atoms with Crippen LogP contribution in [0.3, 0.4) is 0 Å². The molecule has 0 aliphatic rings. The second-order valence-electron chi connectivity index (χ2n) is 6.73. The minimum atomic E-state index is -0.560. The van der Waals surface area contributed by atoms with E-state index in [2.05, 4.69) is 10.3 Å². The number of benzene rings is 2. The first kappa shape index (κ1) is 22.3. The van der Waals surface area contributed by atoms with Gasteiger partial charge in [-0.25, -0.2) is 9.37 Å². The minimum absolute atomic E-state index is 0.0136. The summed E-state index contributed by atoms with van der Waals surface area (Å²) in [6.07, 6.45) is 0. The zero-order valence-electron chi connectivity index (χ0n) is 16.8. The van der Waals surface area contributed by atoms with Gasteiger partial charge in [0.05, 0.1) is 29.9 Å². The zero-order valence-corrected chi connectivity index (χ0v) is 19.2. The van der Waals surface area contributed by atoms with Gasteiger partial charge in [0.1, 0.15) is 16.3 Å². The molecule has 1 N–H and O–H groups in total. The molecular formula is C22H17ClFN3O3S2. The summed E-state index contributed by atoms with van der Waals surface area (Å²) in [7, 11) is 1.59. The monoisotopic (exact) mass is 489 g/mol. The van der Waals surface area contributed by atoms with Crippen molar-refractivity contribution in [3.8, 4) is 5.75 Å². The van der Waals surface area contributed by atoms with E-state index in [1.54, 1.807) is 17.7 Å². The molecule has 0 bridgehead atoms. The van der Waals surface area contributed by atoms with Crippen LogP contribution >= 0.6 is 34.7 Å². The van der Waals surface area contributed by atoms with Crippen LogP contribution in [0.15, 0.2) is 63.9 Å². The largest absolute Gasteiger partial charge is 0.497 e. The van der Waals surface area contributed by atoms with Gasteiger partial charge in [0, 0.05) is 5.69 Å². The van der Waals surface area contributed by atoms with Gasteiger partial charge in [-0.05, 0) is 47.3 Å². The van der Waals surface area contributed by atoms with Gasteiger partial charge in [-0.2, -0.15) is 0 Å². The number of anilines is 1. The molecule has 0 radical (unpaired) electrons. The van der Waals surface area contributed by atoms with E-state index in [0.717, 1.165) is 23.1 Å². The van der Waals surface area contributed by atoms with Crippen molar-refractivity contribution >= 4 is 56.5 Å². The first-order chi connectivity index (χ1) is 15.4. The number of thioether (sulfide) groups is 1. The van der Waals surface area contributed by atoms with E-state index >= 15 is 0 Å².